The van der Waals surface area contributed by atoms with Gasteiger partial charge in [0.05, 0.1) is 29.1 Å². The Kier molecular flexibility index (Phi) is 6.82. The number of amides is 1. The van der Waals surface area contributed by atoms with Gasteiger partial charge in [-0.15, -0.1) is 0 Å². The number of hydrogen-bond donors (Lipinski definition) is 1. The van der Waals surface area contributed by atoms with Gasteiger partial charge in [0, 0.05) is 12.7 Å². The number of ether oxygens (including phenoxy) is 1. The number of methoxy groups -OCH3 is 1. The van der Waals surface area contributed by atoms with Crippen molar-refractivity contribution in [3.63, 3.8) is 0 Å². The SMILES string of the molecule is COc1ccc(S(=O)(=O)N(C)CC(=O)Nc2ccc(Cl)c(C(F)(F)F)c2)cc1C. The normalized spacial score (nSPS) is 12.1. The van der Waals surface area contributed by atoms with Crippen molar-refractivity contribution in [1.29, 1.82) is 0 Å². The molecule has 2 aromatic carbocycles. The van der Waals surface area contributed by atoms with Crippen molar-refractivity contribution in [1.82, 2.24) is 4.31 Å². The Morgan fingerprint density at radius 3 is 2.41 bits per heavy atom. The van der Waals surface area contributed by atoms with Crippen molar-refractivity contribution >= 4 is 33.2 Å². The number of likely N-dealkylation sites (N-methyl/N-ethyl adjacent to an activating group) is 1. The molecule has 0 heterocycles. The minimum atomic E-state index is -4.69. The maximum absolute atomic E-state index is 12.9. The summed E-state index contributed by atoms with van der Waals surface area (Å²) in [4.78, 5) is 12.1. The summed E-state index contributed by atoms with van der Waals surface area (Å²) in [5, 5.41) is 1.73. The Bertz CT molecular complexity index is 1030. The van der Waals surface area contributed by atoms with Crippen LogP contribution in [0.25, 0.3) is 0 Å². The van der Waals surface area contributed by atoms with Gasteiger partial charge in [-0.1, -0.05) is 11.6 Å². The van der Waals surface area contributed by atoms with Gasteiger partial charge >= 0.3 is 6.18 Å². The van der Waals surface area contributed by atoms with E-state index >= 15 is 0 Å². The van der Waals surface area contributed by atoms with Crippen LogP contribution in [0, 0.1) is 6.92 Å². The molecule has 0 aliphatic rings. The number of benzene rings is 2. The van der Waals surface area contributed by atoms with E-state index in [2.05, 4.69) is 5.32 Å². The average Bonchev–Trinajstić information content (AvgIpc) is 2.62. The van der Waals surface area contributed by atoms with E-state index in [1.54, 1.807) is 6.92 Å². The first kappa shape index (κ1) is 23.0. The predicted molar refractivity (Wildman–Crippen MR) is 103 cm³/mol. The second-order valence-electron chi connectivity index (χ2n) is 6.13. The molecular formula is C18H18ClF3N2O4S. The van der Waals surface area contributed by atoms with Gasteiger partial charge in [0.2, 0.25) is 15.9 Å². The van der Waals surface area contributed by atoms with E-state index in [1.807, 2.05) is 0 Å². The summed E-state index contributed by atoms with van der Waals surface area (Å²) in [5.74, 6) is -0.302. The standard InChI is InChI=1S/C18H18ClF3N2O4S/c1-11-8-13(5-7-16(11)28-3)29(26,27)24(2)10-17(25)23-12-4-6-15(19)14(9-12)18(20,21)22/h4-9H,10H2,1-3H3,(H,23,25). The molecule has 1 amide bonds. The summed E-state index contributed by atoms with van der Waals surface area (Å²) in [6.07, 6.45) is -4.69. The van der Waals surface area contributed by atoms with Crippen molar-refractivity contribution in [2.45, 2.75) is 18.0 Å². The van der Waals surface area contributed by atoms with Crippen LogP contribution < -0.4 is 10.1 Å². The van der Waals surface area contributed by atoms with Crippen molar-refractivity contribution in [3.05, 3.63) is 52.5 Å². The summed E-state index contributed by atoms with van der Waals surface area (Å²) >= 11 is 5.53. The molecule has 0 aliphatic heterocycles. The van der Waals surface area contributed by atoms with Crippen molar-refractivity contribution in [2.24, 2.45) is 0 Å². The van der Waals surface area contributed by atoms with Gasteiger partial charge in [-0.3, -0.25) is 4.79 Å². The van der Waals surface area contributed by atoms with E-state index in [0.717, 1.165) is 10.4 Å². The maximum Gasteiger partial charge on any atom is 0.417 e. The van der Waals surface area contributed by atoms with Crippen molar-refractivity contribution in [2.75, 3.05) is 26.0 Å². The highest BCUT2D eigenvalue weighted by molar-refractivity contribution is 7.89. The summed E-state index contributed by atoms with van der Waals surface area (Å²) < 4.78 is 69.9. The summed E-state index contributed by atoms with van der Waals surface area (Å²) in [5.41, 5.74) is -0.670. The van der Waals surface area contributed by atoms with Gasteiger partial charge in [-0.25, -0.2) is 8.42 Å². The van der Waals surface area contributed by atoms with Crippen LogP contribution in [0.1, 0.15) is 11.1 Å². The zero-order chi connectivity index (χ0) is 22.0. The number of rotatable bonds is 6. The Morgan fingerprint density at radius 1 is 1.21 bits per heavy atom. The van der Waals surface area contributed by atoms with Gasteiger partial charge in [-0.2, -0.15) is 17.5 Å². The first-order valence-corrected chi connectivity index (χ1v) is 9.95. The molecule has 0 unspecified atom stereocenters. The number of sulfonamides is 1. The summed E-state index contributed by atoms with van der Waals surface area (Å²) in [6.45, 7) is 1.07. The Hall–Kier alpha value is -2.30. The third-order valence-electron chi connectivity index (χ3n) is 4.00. The molecular weight excluding hydrogens is 433 g/mol. The molecule has 0 bridgehead atoms. The third kappa shape index (κ3) is 5.40. The first-order valence-electron chi connectivity index (χ1n) is 8.14. The van der Waals surface area contributed by atoms with Crippen LogP contribution >= 0.6 is 11.6 Å². The molecule has 0 fully saturated rings. The lowest BCUT2D eigenvalue weighted by Crippen LogP contribution is -2.35. The first-order chi connectivity index (χ1) is 13.4. The minimum absolute atomic E-state index is 0.0445. The summed E-state index contributed by atoms with van der Waals surface area (Å²) in [6, 6.07) is 7.10. The zero-order valence-corrected chi connectivity index (χ0v) is 17.2. The molecule has 0 saturated carbocycles. The number of carbonyl (C=O) groups excluding carboxylic acids is 1. The number of hydrogen-bond acceptors (Lipinski definition) is 4. The van der Waals surface area contributed by atoms with E-state index in [4.69, 9.17) is 16.3 Å². The molecule has 2 aromatic rings. The molecule has 0 saturated heterocycles. The van der Waals surface area contributed by atoms with Crippen LogP contribution in [0.2, 0.25) is 5.02 Å². The predicted octanol–water partition coefficient (Wildman–Crippen LogP) is 3.94. The van der Waals surface area contributed by atoms with E-state index in [-0.39, 0.29) is 10.6 Å². The van der Waals surface area contributed by atoms with Gasteiger partial charge in [0.1, 0.15) is 5.75 Å². The highest BCUT2D eigenvalue weighted by Gasteiger charge is 2.33. The Balaban J connectivity index is 2.15. The van der Waals surface area contributed by atoms with Crippen LogP contribution in [-0.4, -0.2) is 39.3 Å². The maximum atomic E-state index is 12.9. The molecule has 6 nitrogen and oxygen atoms in total. The highest BCUT2D eigenvalue weighted by Crippen LogP contribution is 2.36. The molecule has 0 aromatic heterocycles. The molecule has 0 radical (unpaired) electrons. The number of carbonyl (C=O) groups is 1. The fourth-order valence-electron chi connectivity index (χ4n) is 2.50. The van der Waals surface area contributed by atoms with Crippen LogP contribution in [0.4, 0.5) is 18.9 Å². The molecule has 158 valence electrons. The molecule has 2 rings (SSSR count). The van der Waals surface area contributed by atoms with Crippen LogP contribution in [-0.2, 0) is 21.0 Å². The smallest absolute Gasteiger partial charge is 0.417 e. The third-order valence-corrected chi connectivity index (χ3v) is 6.13. The van der Waals surface area contributed by atoms with Gasteiger partial charge in [0.15, 0.2) is 0 Å². The second kappa shape index (κ2) is 8.60. The van der Waals surface area contributed by atoms with Crippen LogP contribution in [0.15, 0.2) is 41.3 Å². The van der Waals surface area contributed by atoms with Gasteiger partial charge in [-0.05, 0) is 48.9 Å². The van der Waals surface area contributed by atoms with Gasteiger partial charge in [0.25, 0.3) is 0 Å². The van der Waals surface area contributed by atoms with E-state index < -0.39 is 39.2 Å². The van der Waals surface area contributed by atoms with E-state index in [1.165, 1.54) is 38.4 Å². The van der Waals surface area contributed by atoms with Crippen LogP contribution in [0.3, 0.4) is 0 Å². The fourth-order valence-corrected chi connectivity index (χ4v) is 3.94. The molecule has 11 heteroatoms. The number of aryl methyl sites for hydroxylation is 1. The van der Waals surface area contributed by atoms with E-state index in [0.29, 0.717) is 17.4 Å². The fraction of sp³-hybridized carbons (Fsp3) is 0.278. The topological polar surface area (TPSA) is 75.7 Å². The zero-order valence-electron chi connectivity index (χ0n) is 15.7. The molecule has 1 N–H and O–H groups in total. The number of alkyl halides is 3. The summed E-state index contributed by atoms with van der Waals surface area (Å²) in [7, 11) is -1.35. The molecule has 29 heavy (non-hydrogen) atoms. The largest absolute Gasteiger partial charge is 0.496 e. The number of halogens is 4. The molecule has 0 spiro atoms. The van der Waals surface area contributed by atoms with Gasteiger partial charge < -0.3 is 10.1 Å². The monoisotopic (exact) mass is 450 g/mol. The highest BCUT2D eigenvalue weighted by atomic mass is 35.5. The quantitative estimate of drug-likeness (QED) is 0.723. The Morgan fingerprint density at radius 2 is 1.86 bits per heavy atom. The van der Waals surface area contributed by atoms with E-state index in [9.17, 15) is 26.4 Å². The Labute approximate surface area is 171 Å². The average molecular weight is 451 g/mol. The molecule has 0 atom stereocenters. The molecule has 0 aliphatic carbocycles. The minimum Gasteiger partial charge on any atom is -0.496 e. The van der Waals surface area contributed by atoms with Crippen molar-refractivity contribution in [3.8, 4) is 5.75 Å². The lowest BCUT2D eigenvalue weighted by atomic mass is 10.2. The lowest BCUT2D eigenvalue weighted by molar-refractivity contribution is -0.137. The number of nitrogens with zero attached hydrogens (tertiary/aromatic N) is 1. The van der Waals surface area contributed by atoms with Crippen LogP contribution in [0.5, 0.6) is 5.75 Å². The second-order valence-corrected chi connectivity index (χ2v) is 8.59. The number of anilines is 1. The number of nitrogens with one attached hydrogen (secondary N) is 1. The van der Waals surface area contributed by atoms with Crippen molar-refractivity contribution < 1.29 is 31.1 Å². The lowest BCUT2D eigenvalue weighted by Gasteiger charge is -2.18.